The monoisotopic (exact) mass is 575 g/mol. The Hall–Kier alpha value is -2.83. The third-order valence-corrected chi connectivity index (χ3v) is 9.93. The molecule has 4 aliphatic rings. The molecule has 1 amide bonds. The first-order valence-corrected chi connectivity index (χ1v) is 16.0. The number of unbranched alkanes of at least 4 members (excludes halogenated alkanes) is 3. The van der Waals surface area contributed by atoms with E-state index < -0.39 is 0 Å². The number of hydrazine groups is 1. The average molecular weight is 576 g/mol. The van der Waals surface area contributed by atoms with Crippen molar-refractivity contribution in [3.8, 4) is 5.75 Å². The Kier molecular flexibility index (Phi) is 8.15. The van der Waals surface area contributed by atoms with E-state index in [4.69, 9.17) is 22.2 Å². The van der Waals surface area contributed by atoms with Crippen molar-refractivity contribution in [1.82, 2.24) is 5.43 Å². The van der Waals surface area contributed by atoms with Crippen molar-refractivity contribution in [3.05, 3.63) is 57.6 Å². The zero-order valence-corrected chi connectivity index (χ0v) is 25.4. The summed E-state index contributed by atoms with van der Waals surface area (Å²) < 4.78 is 9.32. The molecule has 0 radical (unpaired) electrons. The molecule has 2 aromatic carbocycles. The molecule has 2 unspecified atom stereocenters. The number of carbonyl (C=O) groups is 1. The van der Waals surface area contributed by atoms with Crippen LogP contribution < -0.4 is 20.9 Å². The Morgan fingerprint density at radius 2 is 1.95 bits per heavy atom. The molecule has 0 saturated heterocycles. The summed E-state index contributed by atoms with van der Waals surface area (Å²) in [5.74, 6) is 6.26. The molecule has 0 bridgehead atoms. The minimum absolute atomic E-state index is 0.0872. The van der Waals surface area contributed by atoms with Crippen LogP contribution in [-0.2, 0) is 23.1 Å². The summed E-state index contributed by atoms with van der Waals surface area (Å²) in [4.78, 5) is 14.1. The van der Waals surface area contributed by atoms with Gasteiger partial charge in [0.1, 0.15) is 11.9 Å². The van der Waals surface area contributed by atoms with Crippen LogP contribution in [0, 0.1) is 0 Å². The maximum Gasteiger partial charge on any atom is 0.233 e. The average Bonchev–Trinajstić information content (AvgIpc) is 3.20. The lowest BCUT2D eigenvalue weighted by Crippen LogP contribution is -2.35. The number of nitrogens with zero attached hydrogens (tertiary/aromatic N) is 2. The van der Waals surface area contributed by atoms with Crippen LogP contribution in [0.2, 0.25) is 5.02 Å². The van der Waals surface area contributed by atoms with Gasteiger partial charge in [0.2, 0.25) is 11.6 Å². The van der Waals surface area contributed by atoms with Gasteiger partial charge in [-0.05, 0) is 82.2 Å². The van der Waals surface area contributed by atoms with Crippen molar-refractivity contribution in [3.63, 3.8) is 0 Å². The lowest BCUT2D eigenvalue weighted by Gasteiger charge is -2.38. The molecule has 0 aromatic heterocycles. The predicted molar refractivity (Wildman–Crippen MR) is 168 cm³/mol. The lowest BCUT2D eigenvalue weighted by molar-refractivity contribution is -0.439. The first kappa shape index (κ1) is 28.3. The first-order chi connectivity index (χ1) is 19.9. The van der Waals surface area contributed by atoms with E-state index in [1.165, 1.54) is 52.2 Å². The van der Waals surface area contributed by atoms with Crippen molar-refractivity contribution >= 4 is 40.7 Å². The molecule has 2 atom stereocenters. The van der Waals surface area contributed by atoms with E-state index in [0.717, 1.165) is 81.8 Å². The fraction of sp³-hybridized carbons (Fsp3) is 0.529. The predicted octanol–water partition coefficient (Wildman–Crippen LogP) is 6.61. The number of allylic oxidation sites excluding steroid dienone is 1. The summed E-state index contributed by atoms with van der Waals surface area (Å²) in [7, 11) is 0. The largest absolute Gasteiger partial charge is 0.489 e. The summed E-state index contributed by atoms with van der Waals surface area (Å²) in [6.45, 7) is 7.85. The number of aryl methyl sites for hydroxylation is 1. The molecule has 0 spiro atoms. The quantitative estimate of drug-likeness (QED) is 0.128. The van der Waals surface area contributed by atoms with Gasteiger partial charge in [0.25, 0.3) is 0 Å². The first-order valence-electron chi connectivity index (χ1n) is 15.6. The maximum atomic E-state index is 11.5. The second-order valence-corrected chi connectivity index (χ2v) is 13.0. The van der Waals surface area contributed by atoms with Crippen LogP contribution in [0.3, 0.4) is 0 Å². The summed E-state index contributed by atoms with van der Waals surface area (Å²) >= 11 is 6.60. The van der Waals surface area contributed by atoms with Gasteiger partial charge in [-0.2, -0.15) is 4.58 Å². The van der Waals surface area contributed by atoms with Crippen molar-refractivity contribution in [2.24, 2.45) is 5.84 Å². The van der Waals surface area contributed by atoms with Gasteiger partial charge in [-0.1, -0.05) is 30.9 Å². The van der Waals surface area contributed by atoms with Gasteiger partial charge in [0, 0.05) is 65.5 Å². The molecule has 218 valence electrons. The van der Waals surface area contributed by atoms with E-state index in [9.17, 15) is 4.79 Å². The second kappa shape index (κ2) is 11.8. The van der Waals surface area contributed by atoms with E-state index in [1.54, 1.807) is 0 Å². The fourth-order valence-electron chi connectivity index (χ4n) is 7.58. The number of nitrogens with one attached hydrogen (secondary N) is 1. The molecule has 41 heavy (non-hydrogen) atoms. The number of hydrogen-bond acceptors (Lipinski definition) is 4. The molecule has 6 nitrogen and oxygen atoms in total. The molecule has 0 aliphatic carbocycles. The smallest absolute Gasteiger partial charge is 0.233 e. The Morgan fingerprint density at radius 1 is 1.15 bits per heavy atom. The highest BCUT2D eigenvalue weighted by atomic mass is 35.5. The van der Waals surface area contributed by atoms with E-state index >= 15 is 0 Å². The topological polar surface area (TPSA) is 70.6 Å². The van der Waals surface area contributed by atoms with Crippen molar-refractivity contribution in [2.45, 2.75) is 96.0 Å². The minimum Gasteiger partial charge on any atom is -0.489 e. The molecule has 4 aliphatic heterocycles. The molecule has 6 rings (SSSR count). The van der Waals surface area contributed by atoms with Crippen LogP contribution in [0.25, 0.3) is 6.08 Å². The van der Waals surface area contributed by atoms with E-state index in [-0.39, 0.29) is 17.4 Å². The Balaban J connectivity index is 1.36. The van der Waals surface area contributed by atoms with Crippen molar-refractivity contribution in [2.75, 3.05) is 24.5 Å². The van der Waals surface area contributed by atoms with Gasteiger partial charge in [-0.25, -0.2) is 5.84 Å². The number of benzene rings is 2. The number of amides is 1. The number of halogens is 1. The van der Waals surface area contributed by atoms with Gasteiger partial charge in [0.05, 0.1) is 5.41 Å². The van der Waals surface area contributed by atoms with Gasteiger partial charge < -0.3 is 9.64 Å². The van der Waals surface area contributed by atoms with Gasteiger partial charge in [-0.3, -0.25) is 10.2 Å². The summed E-state index contributed by atoms with van der Waals surface area (Å²) in [5.41, 5.74) is 11.6. The third-order valence-electron chi connectivity index (χ3n) is 9.69. The summed E-state index contributed by atoms with van der Waals surface area (Å²) in [6.07, 6.45) is 16.0. The minimum atomic E-state index is -0.145. The fourth-order valence-corrected chi connectivity index (χ4v) is 7.75. The van der Waals surface area contributed by atoms with Crippen LogP contribution in [-0.4, -0.2) is 41.9 Å². The number of nitrogens with two attached hydrogens (primary N) is 1. The molecule has 2 aromatic rings. The van der Waals surface area contributed by atoms with E-state index in [1.807, 2.05) is 6.07 Å². The molecule has 3 N–H and O–H groups in total. The normalized spacial score (nSPS) is 23.6. The molecule has 7 heteroatoms. The number of carbonyl (C=O) groups excluding carboxylic acids is 1. The highest BCUT2D eigenvalue weighted by molar-refractivity contribution is 6.30. The molecule has 0 saturated carbocycles. The Labute approximate surface area is 249 Å². The number of hydrogen-bond donors (Lipinski definition) is 2. The van der Waals surface area contributed by atoms with Gasteiger partial charge >= 0.3 is 0 Å². The highest BCUT2D eigenvalue weighted by Gasteiger charge is 2.47. The van der Waals surface area contributed by atoms with Gasteiger partial charge in [-0.15, -0.1) is 0 Å². The molecular formula is C34H44ClN4O2+. The van der Waals surface area contributed by atoms with Crippen LogP contribution in [0.5, 0.6) is 5.75 Å². The van der Waals surface area contributed by atoms with Crippen molar-refractivity contribution < 1.29 is 14.1 Å². The third kappa shape index (κ3) is 5.41. The summed E-state index contributed by atoms with van der Waals surface area (Å²) in [6, 6.07) is 8.81. The van der Waals surface area contributed by atoms with E-state index in [2.05, 4.69) is 59.1 Å². The lowest BCUT2D eigenvalue weighted by atomic mass is 9.75. The zero-order chi connectivity index (χ0) is 28.6. The Bertz CT molecular complexity index is 1400. The molecule has 0 fully saturated rings. The number of anilines is 1. The highest BCUT2D eigenvalue weighted by Crippen LogP contribution is 2.47. The summed E-state index contributed by atoms with van der Waals surface area (Å²) in [5, 5.41) is 0.787. The number of fused-ring (bicyclic) bond motifs is 4. The molecular weight excluding hydrogens is 532 g/mol. The maximum absolute atomic E-state index is 11.5. The Morgan fingerprint density at radius 3 is 2.78 bits per heavy atom. The van der Waals surface area contributed by atoms with E-state index in [0.29, 0.717) is 6.42 Å². The second-order valence-electron chi connectivity index (χ2n) is 12.5. The SMILES string of the molecule is CC1CC[N+]2=C(/C=C/c3cc4c5c(c3O1)CCCN5CCC4)C(C)(CCCCCCC(=O)NN)c1cc(Cl)ccc12. The van der Waals surface area contributed by atoms with Crippen molar-refractivity contribution in [1.29, 1.82) is 0 Å². The number of ether oxygens (including phenoxy) is 1. The van der Waals surface area contributed by atoms with Crippen LogP contribution in [0.1, 0.15) is 93.9 Å². The van der Waals surface area contributed by atoms with Crippen LogP contribution >= 0.6 is 11.6 Å². The molecule has 4 heterocycles. The number of rotatable bonds is 7. The zero-order valence-electron chi connectivity index (χ0n) is 24.6. The van der Waals surface area contributed by atoms with Gasteiger partial charge in [0.15, 0.2) is 12.3 Å². The standard InChI is InChI=1S/C34H43ClN4O2/c1-23-16-20-39-29-14-13-26(35)22-28(29)34(2,17-6-4-3-5-11-31(40)37-36)30(39)15-12-25-21-24-9-7-18-38-19-8-10-27(32(24)38)33(25)41-23/h12-15,21-23H,3-11,16-20,36H2,1-2H3/p+1. The van der Waals surface area contributed by atoms with Crippen LogP contribution in [0.4, 0.5) is 11.4 Å². The van der Waals surface area contributed by atoms with Crippen LogP contribution in [0.15, 0.2) is 30.3 Å².